The number of nitriles is 1. The average molecular weight is 257 g/mol. The van der Waals surface area contributed by atoms with Gasteiger partial charge in [-0.3, -0.25) is 4.79 Å². The predicted octanol–water partition coefficient (Wildman–Crippen LogP) is 1.90. The molecule has 2 atom stereocenters. The van der Waals surface area contributed by atoms with Gasteiger partial charge in [-0.2, -0.15) is 5.26 Å². The van der Waals surface area contributed by atoms with Crippen LogP contribution in [0, 0.1) is 11.3 Å². The van der Waals surface area contributed by atoms with Crippen LogP contribution in [-0.4, -0.2) is 29.4 Å². The van der Waals surface area contributed by atoms with Crippen molar-refractivity contribution >= 4 is 5.91 Å². The standard InChI is InChI=1S/C15H19N3O/c1-11-3-2-4-14(10-17)18(11)15(19)13-7-5-12(9-16)6-8-13/h5-8,11,14H,2-4,10,17H2,1H3. The van der Waals surface area contributed by atoms with Crippen molar-refractivity contribution in [2.45, 2.75) is 38.3 Å². The van der Waals surface area contributed by atoms with Gasteiger partial charge in [-0.25, -0.2) is 0 Å². The minimum atomic E-state index is 0.0205. The van der Waals surface area contributed by atoms with Gasteiger partial charge in [0.05, 0.1) is 11.6 Å². The van der Waals surface area contributed by atoms with Gasteiger partial charge in [0.25, 0.3) is 5.91 Å². The molecule has 0 radical (unpaired) electrons. The van der Waals surface area contributed by atoms with Gasteiger partial charge in [0, 0.05) is 24.2 Å². The fraction of sp³-hybridized carbons (Fsp3) is 0.467. The maximum absolute atomic E-state index is 12.6. The quantitative estimate of drug-likeness (QED) is 0.879. The molecule has 0 bridgehead atoms. The van der Waals surface area contributed by atoms with E-state index in [1.807, 2.05) is 4.90 Å². The molecule has 1 aliphatic heterocycles. The molecule has 2 unspecified atom stereocenters. The summed E-state index contributed by atoms with van der Waals surface area (Å²) in [5, 5.41) is 8.78. The summed E-state index contributed by atoms with van der Waals surface area (Å²) in [7, 11) is 0. The van der Waals surface area contributed by atoms with Gasteiger partial charge in [0.15, 0.2) is 0 Å². The molecule has 0 aliphatic carbocycles. The van der Waals surface area contributed by atoms with Crippen LogP contribution in [0.4, 0.5) is 0 Å². The predicted molar refractivity (Wildman–Crippen MR) is 73.5 cm³/mol. The number of amides is 1. The maximum atomic E-state index is 12.6. The first kappa shape index (κ1) is 13.6. The van der Waals surface area contributed by atoms with Crippen molar-refractivity contribution in [3.8, 4) is 6.07 Å². The van der Waals surface area contributed by atoms with Crippen LogP contribution in [0.1, 0.15) is 42.1 Å². The summed E-state index contributed by atoms with van der Waals surface area (Å²) in [4.78, 5) is 14.5. The zero-order valence-electron chi connectivity index (χ0n) is 11.2. The van der Waals surface area contributed by atoms with Crippen LogP contribution >= 0.6 is 0 Å². The molecule has 0 aromatic heterocycles. The summed E-state index contributed by atoms with van der Waals surface area (Å²) in [5.41, 5.74) is 6.98. The Hall–Kier alpha value is -1.86. The molecule has 1 heterocycles. The lowest BCUT2D eigenvalue weighted by Crippen LogP contribution is -2.51. The number of likely N-dealkylation sites (tertiary alicyclic amines) is 1. The third-order valence-corrected chi connectivity index (χ3v) is 3.80. The van der Waals surface area contributed by atoms with Crippen molar-refractivity contribution in [1.29, 1.82) is 5.26 Å². The van der Waals surface area contributed by atoms with Crippen molar-refractivity contribution in [1.82, 2.24) is 4.90 Å². The van der Waals surface area contributed by atoms with Gasteiger partial charge in [-0.15, -0.1) is 0 Å². The second-order valence-electron chi connectivity index (χ2n) is 5.07. The fourth-order valence-corrected chi connectivity index (χ4v) is 2.72. The third-order valence-electron chi connectivity index (χ3n) is 3.80. The van der Waals surface area contributed by atoms with Gasteiger partial charge < -0.3 is 10.6 Å². The second kappa shape index (κ2) is 5.85. The number of nitrogens with zero attached hydrogens (tertiary/aromatic N) is 2. The van der Waals surface area contributed by atoms with Crippen molar-refractivity contribution in [2.75, 3.05) is 6.54 Å². The molecule has 0 saturated carbocycles. The second-order valence-corrected chi connectivity index (χ2v) is 5.07. The Morgan fingerprint density at radius 3 is 2.68 bits per heavy atom. The Bertz CT molecular complexity index is 489. The molecule has 2 N–H and O–H groups in total. The lowest BCUT2D eigenvalue weighted by atomic mass is 9.95. The zero-order valence-corrected chi connectivity index (χ0v) is 11.2. The highest BCUT2D eigenvalue weighted by Crippen LogP contribution is 2.24. The molecule has 1 fully saturated rings. The molecule has 4 heteroatoms. The van der Waals surface area contributed by atoms with E-state index in [0.29, 0.717) is 17.7 Å². The number of rotatable bonds is 2. The first-order valence-corrected chi connectivity index (χ1v) is 6.70. The molecule has 1 aromatic carbocycles. The van der Waals surface area contributed by atoms with Crippen LogP contribution in [-0.2, 0) is 0 Å². The van der Waals surface area contributed by atoms with E-state index < -0.39 is 0 Å². The van der Waals surface area contributed by atoms with E-state index in [0.717, 1.165) is 19.3 Å². The maximum Gasteiger partial charge on any atom is 0.254 e. The van der Waals surface area contributed by atoms with E-state index in [9.17, 15) is 4.79 Å². The summed E-state index contributed by atoms with van der Waals surface area (Å²) in [6, 6.07) is 9.21. The molecule has 1 saturated heterocycles. The summed E-state index contributed by atoms with van der Waals surface area (Å²) >= 11 is 0. The van der Waals surface area contributed by atoms with Crippen molar-refractivity contribution in [3.05, 3.63) is 35.4 Å². The van der Waals surface area contributed by atoms with E-state index in [1.165, 1.54) is 0 Å². The third kappa shape index (κ3) is 2.77. The van der Waals surface area contributed by atoms with Crippen molar-refractivity contribution in [2.24, 2.45) is 5.73 Å². The molecule has 4 nitrogen and oxygen atoms in total. The monoisotopic (exact) mass is 257 g/mol. The number of benzene rings is 1. The van der Waals surface area contributed by atoms with Crippen LogP contribution in [0.2, 0.25) is 0 Å². The lowest BCUT2D eigenvalue weighted by molar-refractivity contribution is 0.0494. The van der Waals surface area contributed by atoms with Crippen LogP contribution < -0.4 is 5.73 Å². The zero-order chi connectivity index (χ0) is 13.8. The molecule has 2 rings (SSSR count). The molecular formula is C15H19N3O. The molecule has 1 aliphatic rings. The molecule has 0 spiro atoms. The Kier molecular flexibility index (Phi) is 4.18. The Balaban J connectivity index is 2.23. The number of carbonyl (C=O) groups is 1. The van der Waals surface area contributed by atoms with E-state index in [2.05, 4.69) is 13.0 Å². The molecule has 100 valence electrons. The van der Waals surface area contributed by atoms with Gasteiger partial charge in [0.1, 0.15) is 0 Å². The van der Waals surface area contributed by atoms with Crippen LogP contribution in [0.25, 0.3) is 0 Å². The van der Waals surface area contributed by atoms with E-state index in [4.69, 9.17) is 11.0 Å². The minimum absolute atomic E-state index is 0.0205. The smallest absolute Gasteiger partial charge is 0.254 e. The average Bonchev–Trinajstić information content (AvgIpc) is 2.46. The van der Waals surface area contributed by atoms with Crippen LogP contribution in [0.15, 0.2) is 24.3 Å². The van der Waals surface area contributed by atoms with Gasteiger partial charge >= 0.3 is 0 Å². The first-order valence-electron chi connectivity index (χ1n) is 6.70. The Morgan fingerprint density at radius 1 is 1.42 bits per heavy atom. The first-order chi connectivity index (χ1) is 9.17. The topological polar surface area (TPSA) is 70.1 Å². The number of piperidine rings is 1. The van der Waals surface area contributed by atoms with Gasteiger partial charge in [-0.1, -0.05) is 0 Å². The molecule has 1 aromatic rings. The highest BCUT2D eigenvalue weighted by molar-refractivity contribution is 5.94. The molecular weight excluding hydrogens is 238 g/mol. The van der Waals surface area contributed by atoms with Gasteiger partial charge in [0.2, 0.25) is 0 Å². The number of hydrogen-bond acceptors (Lipinski definition) is 3. The number of hydrogen-bond donors (Lipinski definition) is 1. The van der Waals surface area contributed by atoms with Crippen molar-refractivity contribution < 1.29 is 4.79 Å². The van der Waals surface area contributed by atoms with E-state index in [1.54, 1.807) is 24.3 Å². The Labute approximate surface area is 113 Å². The lowest BCUT2D eigenvalue weighted by Gasteiger charge is -2.40. The van der Waals surface area contributed by atoms with Gasteiger partial charge in [-0.05, 0) is 50.5 Å². The number of nitrogens with two attached hydrogens (primary N) is 1. The fourth-order valence-electron chi connectivity index (χ4n) is 2.72. The minimum Gasteiger partial charge on any atom is -0.332 e. The highest BCUT2D eigenvalue weighted by Gasteiger charge is 2.31. The summed E-state index contributed by atoms with van der Waals surface area (Å²) in [6.45, 7) is 2.58. The van der Waals surface area contributed by atoms with E-state index >= 15 is 0 Å². The normalized spacial score (nSPS) is 22.9. The number of carbonyl (C=O) groups excluding carboxylic acids is 1. The summed E-state index contributed by atoms with van der Waals surface area (Å²) in [5.74, 6) is 0.0205. The van der Waals surface area contributed by atoms with Crippen molar-refractivity contribution in [3.63, 3.8) is 0 Å². The SMILES string of the molecule is CC1CCCC(CN)N1C(=O)c1ccc(C#N)cc1. The van der Waals surface area contributed by atoms with E-state index in [-0.39, 0.29) is 18.0 Å². The van der Waals surface area contributed by atoms with Crippen LogP contribution in [0.3, 0.4) is 0 Å². The van der Waals surface area contributed by atoms with Crippen LogP contribution in [0.5, 0.6) is 0 Å². The molecule has 19 heavy (non-hydrogen) atoms. The largest absolute Gasteiger partial charge is 0.332 e. The summed E-state index contributed by atoms with van der Waals surface area (Å²) < 4.78 is 0. The Morgan fingerprint density at radius 2 is 2.11 bits per heavy atom. The highest BCUT2D eigenvalue weighted by atomic mass is 16.2. The molecule has 1 amide bonds. The summed E-state index contributed by atoms with van der Waals surface area (Å²) in [6.07, 6.45) is 3.13.